The number of hydrogen-bond acceptors (Lipinski definition) is 3. The normalized spacial score (nSPS) is 11.0. The molecule has 0 saturated carbocycles. The van der Waals surface area contributed by atoms with E-state index in [1.54, 1.807) is 36.2 Å². The molecular weight excluding hydrogens is 256 g/mol. The van der Waals surface area contributed by atoms with E-state index in [1.165, 1.54) is 6.08 Å². The molecule has 0 aliphatic rings. The first-order chi connectivity index (χ1) is 9.40. The van der Waals surface area contributed by atoms with Gasteiger partial charge in [-0.1, -0.05) is 12.1 Å². The lowest BCUT2D eigenvalue weighted by Gasteiger charge is -2.19. The monoisotopic (exact) mass is 276 g/mol. The van der Waals surface area contributed by atoms with Crippen molar-refractivity contribution in [3.05, 3.63) is 41.5 Å². The maximum Gasteiger partial charge on any atom is 0.328 e. The van der Waals surface area contributed by atoms with Crippen LogP contribution in [0.25, 0.3) is 6.08 Å². The average Bonchev–Trinajstić information content (AvgIpc) is 2.42. The smallest absolute Gasteiger partial charge is 0.328 e. The molecule has 0 aromatic heterocycles. The third-order valence-electron chi connectivity index (χ3n) is 2.81. The third kappa shape index (κ3) is 5.24. The van der Waals surface area contributed by atoms with Gasteiger partial charge in [0.05, 0.1) is 0 Å². The van der Waals surface area contributed by atoms with Gasteiger partial charge in [-0.15, -0.1) is 0 Å². The van der Waals surface area contributed by atoms with Gasteiger partial charge in [0, 0.05) is 31.8 Å². The largest absolute Gasteiger partial charge is 0.478 e. The topological polar surface area (TPSA) is 60.9 Å². The molecule has 0 aliphatic heterocycles. The lowest BCUT2D eigenvalue weighted by Crippen LogP contribution is -2.33. The SMILES string of the molecule is CN(C)CCN(C)C(=O)c1ccc(C=CC(=O)O)cc1. The standard InChI is InChI=1S/C15H20N2O3/c1-16(2)10-11-17(3)15(20)13-7-4-12(5-8-13)6-9-14(18)19/h4-9H,10-11H2,1-3H3,(H,18,19). The van der Waals surface area contributed by atoms with Crippen LogP contribution in [0.4, 0.5) is 0 Å². The van der Waals surface area contributed by atoms with Crippen LogP contribution in [0, 0.1) is 0 Å². The molecule has 1 aromatic rings. The van der Waals surface area contributed by atoms with Gasteiger partial charge in [0.2, 0.25) is 0 Å². The number of hydrogen-bond donors (Lipinski definition) is 1. The van der Waals surface area contributed by atoms with Gasteiger partial charge in [-0.2, -0.15) is 0 Å². The van der Waals surface area contributed by atoms with Crippen molar-refractivity contribution in [3.8, 4) is 0 Å². The summed E-state index contributed by atoms with van der Waals surface area (Å²) in [4.78, 5) is 26.2. The lowest BCUT2D eigenvalue weighted by atomic mass is 10.1. The summed E-state index contributed by atoms with van der Waals surface area (Å²) >= 11 is 0. The van der Waals surface area contributed by atoms with Gasteiger partial charge in [-0.3, -0.25) is 4.79 Å². The second kappa shape index (κ2) is 7.45. The number of nitrogens with zero attached hydrogens (tertiary/aromatic N) is 2. The van der Waals surface area contributed by atoms with E-state index < -0.39 is 5.97 Å². The fourth-order valence-electron chi connectivity index (χ4n) is 1.58. The Morgan fingerprint density at radius 2 is 1.70 bits per heavy atom. The summed E-state index contributed by atoms with van der Waals surface area (Å²) < 4.78 is 0. The molecule has 20 heavy (non-hydrogen) atoms. The van der Waals surface area contributed by atoms with Gasteiger partial charge < -0.3 is 14.9 Å². The summed E-state index contributed by atoms with van der Waals surface area (Å²) in [6.07, 6.45) is 2.56. The van der Waals surface area contributed by atoms with Crippen molar-refractivity contribution in [3.63, 3.8) is 0 Å². The van der Waals surface area contributed by atoms with Crippen LogP contribution in [0.1, 0.15) is 15.9 Å². The zero-order valence-corrected chi connectivity index (χ0v) is 12.0. The second-order valence-electron chi connectivity index (χ2n) is 4.82. The van der Waals surface area contributed by atoms with Gasteiger partial charge >= 0.3 is 5.97 Å². The third-order valence-corrected chi connectivity index (χ3v) is 2.81. The van der Waals surface area contributed by atoms with Gasteiger partial charge in [0.25, 0.3) is 5.91 Å². The molecule has 0 spiro atoms. The molecule has 0 atom stereocenters. The fourth-order valence-corrected chi connectivity index (χ4v) is 1.58. The van der Waals surface area contributed by atoms with E-state index in [1.807, 2.05) is 19.0 Å². The number of aliphatic carboxylic acids is 1. The fraction of sp³-hybridized carbons (Fsp3) is 0.333. The molecule has 0 bridgehead atoms. The average molecular weight is 276 g/mol. The predicted octanol–water partition coefficient (Wildman–Crippen LogP) is 1.42. The van der Waals surface area contributed by atoms with Crippen molar-refractivity contribution in [1.82, 2.24) is 9.80 Å². The molecule has 108 valence electrons. The summed E-state index contributed by atoms with van der Waals surface area (Å²) in [6.45, 7) is 1.47. The van der Waals surface area contributed by atoms with Crippen molar-refractivity contribution in [2.45, 2.75) is 0 Å². The summed E-state index contributed by atoms with van der Waals surface area (Å²) in [5.41, 5.74) is 1.35. The van der Waals surface area contributed by atoms with E-state index in [2.05, 4.69) is 0 Å². The molecule has 1 amide bonds. The number of carbonyl (C=O) groups excluding carboxylic acids is 1. The summed E-state index contributed by atoms with van der Waals surface area (Å²) in [6, 6.07) is 6.87. The highest BCUT2D eigenvalue weighted by molar-refractivity contribution is 5.94. The Morgan fingerprint density at radius 3 is 2.20 bits per heavy atom. The van der Waals surface area contributed by atoms with Crippen LogP contribution in [-0.2, 0) is 4.79 Å². The van der Waals surface area contributed by atoms with Crippen LogP contribution in [0.15, 0.2) is 30.3 Å². The zero-order valence-electron chi connectivity index (χ0n) is 12.0. The van der Waals surface area contributed by atoms with E-state index >= 15 is 0 Å². The maximum atomic E-state index is 12.1. The molecule has 0 aliphatic carbocycles. The second-order valence-corrected chi connectivity index (χ2v) is 4.82. The Morgan fingerprint density at radius 1 is 1.10 bits per heavy atom. The molecule has 1 aromatic carbocycles. The molecule has 0 heterocycles. The summed E-state index contributed by atoms with van der Waals surface area (Å²) in [5.74, 6) is -1.03. The predicted molar refractivity (Wildman–Crippen MR) is 78.6 cm³/mol. The molecule has 1 N–H and O–H groups in total. The van der Waals surface area contributed by atoms with Gasteiger partial charge in [-0.05, 0) is 37.9 Å². The van der Waals surface area contributed by atoms with Crippen LogP contribution in [-0.4, -0.2) is 61.0 Å². The van der Waals surface area contributed by atoms with E-state index in [-0.39, 0.29) is 5.91 Å². The Hall–Kier alpha value is -2.14. The van der Waals surface area contributed by atoms with Crippen LogP contribution in [0.3, 0.4) is 0 Å². The molecule has 0 fully saturated rings. The highest BCUT2D eigenvalue weighted by atomic mass is 16.4. The number of carbonyl (C=O) groups is 2. The maximum absolute atomic E-state index is 12.1. The Balaban J connectivity index is 2.68. The Labute approximate surface area is 119 Å². The number of carboxylic acid groups (broad SMARTS) is 1. The minimum atomic E-state index is -0.992. The van der Waals surface area contributed by atoms with Crippen LogP contribution in [0.2, 0.25) is 0 Å². The van der Waals surface area contributed by atoms with Gasteiger partial charge in [0.1, 0.15) is 0 Å². The number of likely N-dealkylation sites (N-methyl/N-ethyl adjacent to an activating group) is 2. The van der Waals surface area contributed by atoms with Crippen LogP contribution < -0.4 is 0 Å². The van der Waals surface area contributed by atoms with Crippen molar-refractivity contribution in [2.24, 2.45) is 0 Å². The van der Waals surface area contributed by atoms with E-state index in [9.17, 15) is 9.59 Å². The van der Waals surface area contributed by atoms with Crippen molar-refractivity contribution >= 4 is 18.0 Å². The molecule has 5 heteroatoms. The van der Waals surface area contributed by atoms with Gasteiger partial charge in [0.15, 0.2) is 0 Å². The van der Waals surface area contributed by atoms with E-state index in [4.69, 9.17) is 5.11 Å². The van der Waals surface area contributed by atoms with Crippen molar-refractivity contribution in [1.29, 1.82) is 0 Å². The molecule has 0 saturated heterocycles. The molecule has 0 unspecified atom stereocenters. The van der Waals surface area contributed by atoms with Crippen molar-refractivity contribution < 1.29 is 14.7 Å². The lowest BCUT2D eigenvalue weighted by molar-refractivity contribution is -0.131. The highest BCUT2D eigenvalue weighted by Gasteiger charge is 2.11. The van der Waals surface area contributed by atoms with Crippen LogP contribution >= 0.6 is 0 Å². The summed E-state index contributed by atoms with van der Waals surface area (Å²) in [7, 11) is 5.69. The van der Waals surface area contributed by atoms with Crippen LogP contribution in [0.5, 0.6) is 0 Å². The molecule has 0 radical (unpaired) electrons. The summed E-state index contributed by atoms with van der Waals surface area (Å²) in [5, 5.41) is 8.54. The van der Waals surface area contributed by atoms with Crippen molar-refractivity contribution in [2.75, 3.05) is 34.2 Å². The first-order valence-corrected chi connectivity index (χ1v) is 6.31. The minimum Gasteiger partial charge on any atom is -0.478 e. The zero-order chi connectivity index (χ0) is 15.1. The van der Waals surface area contributed by atoms with Gasteiger partial charge in [-0.25, -0.2) is 4.79 Å². The quantitative estimate of drug-likeness (QED) is 0.798. The number of carboxylic acids is 1. The first-order valence-electron chi connectivity index (χ1n) is 6.31. The Kier molecular flexibility index (Phi) is 5.93. The number of rotatable bonds is 6. The van der Waals surface area contributed by atoms with E-state index in [0.717, 1.165) is 18.2 Å². The van der Waals surface area contributed by atoms with E-state index in [0.29, 0.717) is 12.1 Å². The first kappa shape index (κ1) is 15.9. The molecule has 1 rings (SSSR count). The molecule has 5 nitrogen and oxygen atoms in total. The number of amides is 1. The molecular formula is C15H20N2O3. The highest BCUT2D eigenvalue weighted by Crippen LogP contribution is 2.08. The minimum absolute atomic E-state index is 0.0411. The Bertz CT molecular complexity index is 492. The number of benzene rings is 1.